The minimum atomic E-state index is -1.41. The first kappa shape index (κ1) is 16.5. The number of carboxylic acid groups (broad SMARTS) is 2. The second-order valence-corrected chi connectivity index (χ2v) is 5.76. The molecular weight excluding hydrogens is 350 g/mol. The highest BCUT2D eigenvalue weighted by molar-refractivity contribution is 9.10. The van der Waals surface area contributed by atoms with E-state index in [0.29, 0.717) is 0 Å². The van der Waals surface area contributed by atoms with Gasteiger partial charge in [-0.1, -0.05) is 15.9 Å². The average molecular weight is 362 g/mol. The van der Waals surface area contributed by atoms with E-state index in [1.165, 1.54) is 11.8 Å². The molecule has 108 valence electrons. The van der Waals surface area contributed by atoms with Crippen LogP contribution in [0.5, 0.6) is 0 Å². The molecule has 0 heterocycles. The number of carboxylic acids is 2. The van der Waals surface area contributed by atoms with Gasteiger partial charge in [-0.15, -0.1) is 11.8 Å². The van der Waals surface area contributed by atoms with Crippen LogP contribution in [0.1, 0.15) is 6.42 Å². The number of hydrogen-bond donors (Lipinski definition) is 3. The van der Waals surface area contributed by atoms with Gasteiger partial charge in [0.1, 0.15) is 6.04 Å². The number of hydrogen-bond acceptors (Lipinski definition) is 4. The molecule has 1 aromatic carbocycles. The summed E-state index contributed by atoms with van der Waals surface area (Å²) in [4.78, 5) is 33.7. The molecule has 1 amide bonds. The second kappa shape index (κ2) is 7.91. The Hall–Kier alpha value is -1.54. The van der Waals surface area contributed by atoms with E-state index in [2.05, 4.69) is 21.2 Å². The maximum Gasteiger partial charge on any atom is 0.326 e. The zero-order chi connectivity index (χ0) is 15.1. The second-order valence-electron chi connectivity index (χ2n) is 3.80. The van der Waals surface area contributed by atoms with Gasteiger partial charge in [-0.3, -0.25) is 9.59 Å². The number of carbonyl (C=O) groups is 3. The van der Waals surface area contributed by atoms with Gasteiger partial charge < -0.3 is 15.5 Å². The van der Waals surface area contributed by atoms with Crippen LogP contribution in [0.15, 0.2) is 33.6 Å². The molecule has 20 heavy (non-hydrogen) atoms. The number of rotatable bonds is 7. The molecule has 3 N–H and O–H groups in total. The number of halogens is 1. The van der Waals surface area contributed by atoms with Gasteiger partial charge in [0.15, 0.2) is 0 Å². The Morgan fingerprint density at radius 1 is 1.20 bits per heavy atom. The molecular formula is C12H12BrNO5S. The van der Waals surface area contributed by atoms with Gasteiger partial charge in [-0.2, -0.15) is 0 Å². The van der Waals surface area contributed by atoms with Crippen molar-refractivity contribution < 1.29 is 24.6 Å². The lowest BCUT2D eigenvalue weighted by Crippen LogP contribution is -2.43. The average Bonchev–Trinajstić information content (AvgIpc) is 2.36. The molecule has 1 rings (SSSR count). The monoisotopic (exact) mass is 361 g/mol. The number of aliphatic carboxylic acids is 2. The van der Waals surface area contributed by atoms with Crippen molar-refractivity contribution in [2.75, 3.05) is 5.75 Å². The minimum absolute atomic E-state index is 0.0189. The van der Waals surface area contributed by atoms with E-state index in [9.17, 15) is 14.4 Å². The zero-order valence-corrected chi connectivity index (χ0v) is 12.6. The van der Waals surface area contributed by atoms with Crippen molar-refractivity contribution in [3.63, 3.8) is 0 Å². The molecule has 0 aliphatic heterocycles. The third kappa shape index (κ3) is 6.07. The molecule has 0 spiro atoms. The van der Waals surface area contributed by atoms with Crippen LogP contribution in [0.4, 0.5) is 0 Å². The molecule has 1 atom stereocenters. The number of carbonyl (C=O) groups excluding carboxylic acids is 1. The number of thioether (sulfide) groups is 1. The maximum absolute atomic E-state index is 11.6. The third-order valence-electron chi connectivity index (χ3n) is 2.20. The lowest BCUT2D eigenvalue weighted by molar-refractivity contribution is -0.147. The summed E-state index contributed by atoms with van der Waals surface area (Å²) in [5, 5.41) is 19.5. The van der Waals surface area contributed by atoms with Gasteiger partial charge in [0.05, 0.1) is 12.2 Å². The standard InChI is InChI=1S/C12H12BrNO5S/c13-7-1-3-8(4-2-7)20-6-10(15)14-9(12(18)19)5-11(16)17/h1-4,9H,5-6H2,(H,14,15)(H,16,17)(H,18,19)/t9-/m1/s1. The van der Waals surface area contributed by atoms with Crippen LogP contribution < -0.4 is 5.32 Å². The molecule has 6 nitrogen and oxygen atoms in total. The molecule has 0 aromatic heterocycles. The van der Waals surface area contributed by atoms with Gasteiger partial charge in [-0.25, -0.2) is 4.79 Å². The molecule has 0 bridgehead atoms. The summed E-state index contributed by atoms with van der Waals surface area (Å²) in [7, 11) is 0. The summed E-state index contributed by atoms with van der Waals surface area (Å²) in [6.45, 7) is 0. The van der Waals surface area contributed by atoms with E-state index in [0.717, 1.165) is 9.37 Å². The van der Waals surface area contributed by atoms with Crippen LogP contribution in [0.2, 0.25) is 0 Å². The van der Waals surface area contributed by atoms with Gasteiger partial charge >= 0.3 is 11.9 Å². The van der Waals surface area contributed by atoms with Gasteiger partial charge in [0, 0.05) is 9.37 Å². The zero-order valence-electron chi connectivity index (χ0n) is 10.2. The van der Waals surface area contributed by atoms with Crippen molar-refractivity contribution >= 4 is 45.5 Å². The lowest BCUT2D eigenvalue weighted by atomic mass is 10.2. The summed E-state index contributed by atoms with van der Waals surface area (Å²) in [5.41, 5.74) is 0. The van der Waals surface area contributed by atoms with Gasteiger partial charge in [-0.05, 0) is 24.3 Å². The van der Waals surface area contributed by atoms with Crippen molar-refractivity contribution in [3.8, 4) is 0 Å². The molecule has 0 radical (unpaired) electrons. The highest BCUT2D eigenvalue weighted by Crippen LogP contribution is 2.20. The number of amides is 1. The van der Waals surface area contributed by atoms with E-state index in [1.807, 2.05) is 24.3 Å². The third-order valence-corrected chi connectivity index (χ3v) is 3.74. The summed E-state index contributed by atoms with van der Waals surface area (Å²) in [5.74, 6) is -3.15. The molecule has 8 heteroatoms. The van der Waals surface area contributed by atoms with Crippen LogP contribution in [-0.2, 0) is 14.4 Å². The fourth-order valence-electron chi connectivity index (χ4n) is 1.29. The van der Waals surface area contributed by atoms with Crippen LogP contribution in [0.25, 0.3) is 0 Å². The van der Waals surface area contributed by atoms with Crippen molar-refractivity contribution in [2.45, 2.75) is 17.4 Å². The predicted molar refractivity (Wildman–Crippen MR) is 76.7 cm³/mol. The summed E-state index contributed by atoms with van der Waals surface area (Å²) in [6.07, 6.45) is -0.649. The molecule has 0 aliphatic carbocycles. The SMILES string of the molecule is O=C(O)C[C@@H](NC(=O)CSc1ccc(Br)cc1)C(=O)O. The first-order valence-corrected chi connectivity index (χ1v) is 7.28. The van der Waals surface area contributed by atoms with E-state index in [1.54, 1.807) is 0 Å². The van der Waals surface area contributed by atoms with E-state index in [4.69, 9.17) is 10.2 Å². The Morgan fingerprint density at radius 3 is 2.30 bits per heavy atom. The van der Waals surface area contributed by atoms with Gasteiger partial charge in [0.2, 0.25) is 5.91 Å². The Bertz CT molecular complexity index is 505. The Balaban J connectivity index is 2.47. The molecule has 1 aromatic rings. The molecule has 0 saturated carbocycles. The van der Waals surface area contributed by atoms with Crippen LogP contribution >= 0.6 is 27.7 Å². The quantitative estimate of drug-likeness (QED) is 0.637. The van der Waals surface area contributed by atoms with E-state index < -0.39 is 30.3 Å². The topological polar surface area (TPSA) is 104 Å². The first-order chi connectivity index (χ1) is 9.38. The largest absolute Gasteiger partial charge is 0.481 e. The van der Waals surface area contributed by atoms with E-state index in [-0.39, 0.29) is 5.75 Å². The van der Waals surface area contributed by atoms with Crippen LogP contribution in [0.3, 0.4) is 0 Å². The first-order valence-electron chi connectivity index (χ1n) is 5.51. The Morgan fingerprint density at radius 2 is 1.80 bits per heavy atom. The van der Waals surface area contributed by atoms with Crippen molar-refractivity contribution in [1.82, 2.24) is 5.32 Å². The summed E-state index contributed by atoms with van der Waals surface area (Å²) < 4.78 is 0.915. The van der Waals surface area contributed by atoms with E-state index >= 15 is 0 Å². The van der Waals surface area contributed by atoms with Crippen molar-refractivity contribution in [3.05, 3.63) is 28.7 Å². The van der Waals surface area contributed by atoms with Crippen molar-refractivity contribution in [1.29, 1.82) is 0 Å². The predicted octanol–water partition coefficient (Wildman–Crippen LogP) is 1.59. The fraction of sp³-hybridized carbons (Fsp3) is 0.250. The minimum Gasteiger partial charge on any atom is -0.481 e. The van der Waals surface area contributed by atoms with Gasteiger partial charge in [0.25, 0.3) is 0 Å². The van der Waals surface area contributed by atoms with Crippen LogP contribution in [-0.4, -0.2) is 39.9 Å². The summed E-state index contributed by atoms with van der Waals surface area (Å²) >= 11 is 4.52. The smallest absolute Gasteiger partial charge is 0.326 e. The Labute approximate surface area is 127 Å². The number of benzene rings is 1. The Kier molecular flexibility index (Phi) is 6.53. The van der Waals surface area contributed by atoms with Crippen LogP contribution in [0, 0.1) is 0 Å². The summed E-state index contributed by atoms with van der Waals surface area (Å²) in [6, 6.07) is 5.86. The van der Waals surface area contributed by atoms with Crippen molar-refractivity contribution in [2.24, 2.45) is 0 Å². The highest BCUT2D eigenvalue weighted by Gasteiger charge is 2.22. The maximum atomic E-state index is 11.6. The molecule has 0 saturated heterocycles. The molecule has 0 fully saturated rings. The normalized spacial score (nSPS) is 11.7. The molecule has 0 unspecified atom stereocenters. The highest BCUT2D eigenvalue weighted by atomic mass is 79.9. The number of nitrogens with one attached hydrogen (secondary N) is 1. The lowest BCUT2D eigenvalue weighted by Gasteiger charge is -2.12. The molecule has 0 aliphatic rings. The fourth-order valence-corrected chi connectivity index (χ4v) is 2.26.